The molecule has 1 saturated heterocycles. The summed E-state index contributed by atoms with van der Waals surface area (Å²) in [5, 5.41) is 0. The van der Waals surface area contributed by atoms with Crippen LogP contribution in [-0.4, -0.2) is 104 Å². The standard InChI is InChI=1S/C29H43N5O3/c1-29(2)12-8-14-33(22-27(35)34-19-17-32(18-20-34)16-15-31(3)4)21-24-9-7-13-30-28(24)37-26-11-6-5-10-25(26)36-23-29/h5-7,9-11,13H,8,12,14-23H2,1-4H3. The van der Waals surface area contributed by atoms with Crippen LogP contribution in [0.15, 0.2) is 42.6 Å². The summed E-state index contributed by atoms with van der Waals surface area (Å²) in [6.45, 7) is 12.5. The zero-order valence-corrected chi connectivity index (χ0v) is 23.0. The van der Waals surface area contributed by atoms with Gasteiger partial charge >= 0.3 is 0 Å². The van der Waals surface area contributed by atoms with E-state index in [4.69, 9.17) is 9.47 Å². The van der Waals surface area contributed by atoms with Gasteiger partial charge in [-0.05, 0) is 57.1 Å². The number of amides is 1. The third-order valence-corrected chi connectivity index (χ3v) is 7.19. The SMILES string of the molecule is CN(C)CCN1CCN(C(=O)CN2CCCC(C)(C)COc3ccccc3Oc3ncccc3C2)CC1. The van der Waals surface area contributed by atoms with Crippen LogP contribution in [0.3, 0.4) is 0 Å². The molecule has 0 unspecified atom stereocenters. The van der Waals surface area contributed by atoms with Gasteiger partial charge < -0.3 is 19.3 Å². The fourth-order valence-electron chi connectivity index (χ4n) is 4.83. The van der Waals surface area contributed by atoms with Crippen LogP contribution in [-0.2, 0) is 11.3 Å². The number of aromatic nitrogens is 1. The van der Waals surface area contributed by atoms with Gasteiger partial charge in [0.1, 0.15) is 0 Å². The molecule has 3 heterocycles. The zero-order chi connectivity index (χ0) is 26.3. The molecule has 1 aromatic carbocycles. The van der Waals surface area contributed by atoms with Gasteiger partial charge in [0.05, 0.1) is 13.2 Å². The largest absolute Gasteiger partial charge is 0.489 e. The Hall–Kier alpha value is -2.68. The Labute approximate surface area is 222 Å². The Morgan fingerprint density at radius 1 is 1.00 bits per heavy atom. The van der Waals surface area contributed by atoms with E-state index < -0.39 is 0 Å². The van der Waals surface area contributed by atoms with Gasteiger partial charge in [0.15, 0.2) is 11.5 Å². The van der Waals surface area contributed by atoms with Crippen LogP contribution in [0.25, 0.3) is 0 Å². The number of para-hydroxylation sites is 2. The number of fused-ring (bicyclic) bond motifs is 2. The summed E-state index contributed by atoms with van der Waals surface area (Å²) in [4.78, 5) is 26.8. The van der Waals surface area contributed by atoms with Crippen molar-refractivity contribution < 1.29 is 14.3 Å². The number of likely N-dealkylation sites (N-methyl/N-ethyl adjacent to an activating group) is 1. The topological polar surface area (TPSA) is 61.4 Å². The van der Waals surface area contributed by atoms with Gasteiger partial charge in [0.25, 0.3) is 0 Å². The van der Waals surface area contributed by atoms with Crippen LogP contribution in [0.4, 0.5) is 0 Å². The molecular weight excluding hydrogens is 466 g/mol. The number of ether oxygens (including phenoxy) is 2. The summed E-state index contributed by atoms with van der Waals surface area (Å²) in [5.41, 5.74) is 0.974. The first-order valence-corrected chi connectivity index (χ1v) is 13.5. The first kappa shape index (κ1) is 27.4. The third kappa shape index (κ3) is 8.15. The Bertz CT molecular complexity index is 1020. The number of rotatable bonds is 5. The Morgan fingerprint density at radius 3 is 2.51 bits per heavy atom. The molecule has 2 aliphatic rings. The van der Waals surface area contributed by atoms with E-state index in [0.29, 0.717) is 31.3 Å². The van der Waals surface area contributed by atoms with Crippen molar-refractivity contribution in [3.05, 3.63) is 48.2 Å². The van der Waals surface area contributed by atoms with Crippen molar-refractivity contribution in [3.8, 4) is 17.4 Å². The van der Waals surface area contributed by atoms with Crippen LogP contribution >= 0.6 is 0 Å². The molecule has 2 aliphatic heterocycles. The molecule has 1 fully saturated rings. The summed E-state index contributed by atoms with van der Waals surface area (Å²) >= 11 is 0. The highest BCUT2D eigenvalue weighted by molar-refractivity contribution is 5.78. The van der Waals surface area contributed by atoms with Crippen molar-refractivity contribution >= 4 is 5.91 Å². The van der Waals surface area contributed by atoms with Crippen LogP contribution < -0.4 is 9.47 Å². The second-order valence-corrected chi connectivity index (χ2v) is 11.3. The zero-order valence-electron chi connectivity index (χ0n) is 23.0. The lowest BCUT2D eigenvalue weighted by Gasteiger charge is -2.36. The highest BCUT2D eigenvalue weighted by atomic mass is 16.5. The maximum absolute atomic E-state index is 13.4. The lowest BCUT2D eigenvalue weighted by Crippen LogP contribution is -2.52. The Kier molecular flexibility index (Phi) is 9.40. The van der Waals surface area contributed by atoms with Crippen LogP contribution in [0, 0.1) is 5.41 Å². The van der Waals surface area contributed by atoms with Gasteiger partial charge in [-0.15, -0.1) is 0 Å². The number of benzene rings is 1. The number of hydrogen-bond donors (Lipinski definition) is 0. The van der Waals surface area contributed by atoms with Crippen molar-refractivity contribution in [2.24, 2.45) is 5.41 Å². The summed E-state index contributed by atoms with van der Waals surface area (Å²) in [6, 6.07) is 11.7. The molecule has 0 bridgehead atoms. The van der Waals surface area contributed by atoms with Crippen LogP contribution in [0.1, 0.15) is 32.3 Å². The Balaban J connectivity index is 1.46. The number of nitrogens with zero attached hydrogens (tertiary/aromatic N) is 5. The summed E-state index contributed by atoms with van der Waals surface area (Å²) in [5.74, 6) is 2.15. The van der Waals surface area contributed by atoms with E-state index in [1.54, 1.807) is 6.20 Å². The number of piperazine rings is 1. The molecule has 4 rings (SSSR count). The van der Waals surface area contributed by atoms with Crippen molar-refractivity contribution in [3.63, 3.8) is 0 Å². The molecule has 8 heteroatoms. The molecule has 0 spiro atoms. The summed E-state index contributed by atoms with van der Waals surface area (Å²) < 4.78 is 12.5. The van der Waals surface area contributed by atoms with Crippen molar-refractivity contribution in [1.82, 2.24) is 24.6 Å². The third-order valence-electron chi connectivity index (χ3n) is 7.19. The molecule has 0 atom stereocenters. The highest BCUT2D eigenvalue weighted by Gasteiger charge is 2.25. The van der Waals surface area contributed by atoms with E-state index in [9.17, 15) is 4.79 Å². The predicted molar refractivity (Wildman–Crippen MR) is 146 cm³/mol. The molecule has 0 aliphatic carbocycles. The summed E-state index contributed by atoms with van der Waals surface area (Å²) in [6.07, 6.45) is 3.74. The molecular formula is C29H43N5O3. The molecule has 1 amide bonds. The lowest BCUT2D eigenvalue weighted by molar-refractivity contribution is -0.134. The van der Waals surface area contributed by atoms with Gasteiger partial charge in [0.2, 0.25) is 11.8 Å². The number of hydrogen-bond acceptors (Lipinski definition) is 7. The fraction of sp³-hybridized carbons (Fsp3) is 0.586. The van der Waals surface area contributed by atoms with Crippen molar-refractivity contribution in [2.75, 3.05) is 73.1 Å². The minimum absolute atomic E-state index is 0.00479. The van der Waals surface area contributed by atoms with Crippen molar-refractivity contribution in [2.45, 2.75) is 33.2 Å². The lowest BCUT2D eigenvalue weighted by atomic mass is 9.88. The average molecular weight is 510 g/mol. The van der Waals surface area contributed by atoms with Gasteiger partial charge in [-0.2, -0.15) is 0 Å². The van der Waals surface area contributed by atoms with Gasteiger partial charge in [0, 0.05) is 57.6 Å². The van der Waals surface area contributed by atoms with Crippen LogP contribution in [0.5, 0.6) is 17.4 Å². The molecule has 0 N–H and O–H groups in total. The van der Waals surface area contributed by atoms with Crippen LogP contribution in [0.2, 0.25) is 0 Å². The minimum atomic E-state index is 0.00479. The number of carbonyl (C=O) groups excluding carboxylic acids is 1. The fourth-order valence-corrected chi connectivity index (χ4v) is 4.83. The monoisotopic (exact) mass is 509 g/mol. The van der Waals surface area contributed by atoms with E-state index in [2.05, 4.69) is 47.6 Å². The molecule has 0 radical (unpaired) electrons. The molecule has 8 nitrogen and oxygen atoms in total. The minimum Gasteiger partial charge on any atom is -0.489 e. The van der Waals surface area contributed by atoms with Gasteiger partial charge in [-0.25, -0.2) is 4.98 Å². The van der Waals surface area contributed by atoms with E-state index in [0.717, 1.165) is 70.0 Å². The van der Waals surface area contributed by atoms with Gasteiger partial charge in [-0.3, -0.25) is 14.6 Å². The quantitative estimate of drug-likeness (QED) is 0.611. The molecule has 37 heavy (non-hydrogen) atoms. The first-order chi connectivity index (χ1) is 17.8. The molecule has 2 aromatic rings. The molecule has 0 saturated carbocycles. The number of carbonyl (C=O) groups is 1. The maximum Gasteiger partial charge on any atom is 0.236 e. The van der Waals surface area contributed by atoms with E-state index in [1.165, 1.54) is 0 Å². The smallest absolute Gasteiger partial charge is 0.236 e. The average Bonchev–Trinajstić information content (AvgIpc) is 2.88. The van der Waals surface area contributed by atoms with E-state index in [-0.39, 0.29) is 11.3 Å². The van der Waals surface area contributed by atoms with E-state index in [1.807, 2.05) is 41.3 Å². The summed E-state index contributed by atoms with van der Waals surface area (Å²) in [7, 11) is 4.20. The second kappa shape index (κ2) is 12.7. The normalized spacial score (nSPS) is 19.4. The highest BCUT2D eigenvalue weighted by Crippen LogP contribution is 2.34. The van der Waals surface area contributed by atoms with Crippen molar-refractivity contribution in [1.29, 1.82) is 0 Å². The number of pyridine rings is 1. The second-order valence-electron chi connectivity index (χ2n) is 11.3. The van der Waals surface area contributed by atoms with E-state index >= 15 is 0 Å². The molecule has 202 valence electrons. The first-order valence-electron chi connectivity index (χ1n) is 13.5. The van der Waals surface area contributed by atoms with Gasteiger partial charge in [-0.1, -0.05) is 32.0 Å². The Morgan fingerprint density at radius 2 is 1.76 bits per heavy atom. The predicted octanol–water partition coefficient (Wildman–Crippen LogP) is 3.58. The molecule has 1 aromatic heterocycles. The maximum atomic E-state index is 13.4.